The van der Waals surface area contributed by atoms with Crippen LogP contribution in [0.25, 0.3) is 11.6 Å². The lowest BCUT2D eigenvalue weighted by molar-refractivity contribution is -0.116. The molecule has 0 saturated carbocycles. The summed E-state index contributed by atoms with van der Waals surface area (Å²) in [5.41, 5.74) is -0.347. The summed E-state index contributed by atoms with van der Waals surface area (Å²) >= 11 is 0.945. The third-order valence-corrected chi connectivity index (χ3v) is 5.16. The summed E-state index contributed by atoms with van der Waals surface area (Å²) in [7, 11) is 1.53. The molecule has 7 nitrogen and oxygen atoms in total. The Hall–Kier alpha value is -3.03. The van der Waals surface area contributed by atoms with Crippen LogP contribution in [0.15, 0.2) is 29.1 Å². The lowest BCUT2D eigenvalue weighted by Crippen LogP contribution is -2.37. The van der Waals surface area contributed by atoms with Crippen molar-refractivity contribution in [3.05, 3.63) is 49.4 Å². The maximum atomic E-state index is 13.0. The van der Waals surface area contributed by atoms with Gasteiger partial charge in [-0.1, -0.05) is 18.2 Å². The van der Waals surface area contributed by atoms with Gasteiger partial charge in [0.2, 0.25) is 0 Å². The molecule has 31 heavy (non-hydrogen) atoms. The molecule has 1 aromatic carbocycles. The number of rotatable bonds is 9. The molecule has 2 rings (SSSR count). The highest BCUT2D eigenvalue weighted by Crippen LogP contribution is 2.20. The van der Waals surface area contributed by atoms with Crippen molar-refractivity contribution in [2.24, 2.45) is 0 Å². The van der Waals surface area contributed by atoms with Crippen molar-refractivity contribution in [3.63, 3.8) is 0 Å². The SMILES string of the molecule is COCCCn1c(=O)/c(=C/c2ccccc2OC(F)F)s/c1=C(/C#N)C(=O)NC(C)C. The average molecular weight is 451 g/mol. The van der Waals surface area contributed by atoms with E-state index in [1.54, 1.807) is 19.9 Å². The Kier molecular flexibility index (Phi) is 8.90. The molecule has 0 spiro atoms. The highest BCUT2D eigenvalue weighted by atomic mass is 32.1. The van der Waals surface area contributed by atoms with E-state index in [0.717, 1.165) is 11.3 Å². The van der Waals surface area contributed by atoms with E-state index in [9.17, 15) is 23.6 Å². The Balaban J connectivity index is 2.72. The van der Waals surface area contributed by atoms with Crippen LogP contribution in [0.3, 0.4) is 0 Å². The minimum absolute atomic E-state index is 0.0835. The second kappa shape index (κ2) is 11.4. The average Bonchev–Trinajstić information content (AvgIpc) is 2.99. The van der Waals surface area contributed by atoms with Gasteiger partial charge in [-0.3, -0.25) is 14.2 Å². The highest BCUT2D eigenvalue weighted by molar-refractivity contribution is 7.07. The molecule has 0 aliphatic heterocycles. The number of hydrogen-bond donors (Lipinski definition) is 1. The summed E-state index contributed by atoms with van der Waals surface area (Å²) in [4.78, 5) is 25.5. The first kappa shape index (κ1) is 24.2. The third-order valence-electron chi connectivity index (χ3n) is 4.03. The van der Waals surface area contributed by atoms with Gasteiger partial charge < -0.3 is 14.8 Å². The van der Waals surface area contributed by atoms with E-state index in [1.165, 1.54) is 36.0 Å². The van der Waals surface area contributed by atoms with Crippen molar-refractivity contribution < 1.29 is 23.0 Å². The minimum Gasteiger partial charge on any atom is -0.434 e. The Morgan fingerprint density at radius 2 is 2.06 bits per heavy atom. The second-order valence-electron chi connectivity index (χ2n) is 6.75. The number of benzene rings is 1. The predicted octanol–water partition coefficient (Wildman–Crippen LogP) is 1.58. The van der Waals surface area contributed by atoms with E-state index in [0.29, 0.717) is 13.0 Å². The summed E-state index contributed by atoms with van der Waals surface area (Å²) in [6, 6.07) is 7.75. The number of carbonyl (C=O) groups excluding carboxylic acids is 1. The van der Waals surface area contributed by atoms with Gasteiger partial charge in [0.1, 0.15) is 16.5 Å². The molecule has 0 saturated heterocycles. The van der Waals surface area contributed by atoms with E-state index < -0.39 is 18.1 Å². The van der Waals surface area contributed by atoms with Crippen LogP contribution in [0.5, 0.6) is 5.75 Å². The molecule has 0 radical (unpaired) electrons. The molecule has 10 heteroatoms. The van der Waals surface area contributed by atoms with Crippen molar-refractivity contribution in [1.29, 1.82) is 5.26 Å². The Morgan fingerprint density at radius 1 is 1.35 bits per heavy atom. The first-order valence-corrected chi connectivity index (χ1v) is 10.3. The summed E-state index contributed by atoms with van der Waals surface area (Å²) in [5.74, 6) is -0.674. The number of amides is 1. The standard InChI is InChI=1S/C21H23F2N3O4S/c1-13(2)25-18(27)15(12-24)20-26(9-6-10-29-3)19(28)17(31-20)11-14-7-4-5-8-16(14)30-21(22)23/h4-5,7-8,11,13,21H,6,9-10H2,1-3H3,(H,25,27)/b17-11-,20-15-. The molecule has 0 atom stereocenters. The number of halogens is 2. The van der Waals surface area contributed by atoms with Gasteiger partial charge in [0.25, 0.3) is 11.5 Å². The minimum atomic E-state index is -3.02. The molecule has 1 heterocycles. The van der Waals surface area contributed by atoms with Crippen LogP contribution in [0.2, 0.25) is 0 Å². The van der Waals surface area contributed by atoms with E-state index in [-0.39, 0.29) is 38.7 Å². The number of thiazole rings is 1. The van der Waals surface area contributed by atoms with Gasteiger partial charge in [-0.05, 0) is 32.4 Å². The van der Waals surface area contributed by atoms with Crippen molar-refractivity contribution in [2.75, 3.05) is 13.7 Å². The van der Waals surface area contributed by atoms with Crippen LogP contribution < -0.4 is 24.8 Å². The molecular formula is C21H23F2N3O4S. The van der Waals surface area contributed by atoms with Gasteiger partial charge in [0, 0.05) is 31.9 Å². The molecular weight excluding hydrogens is 428 g/mol. The predicted molar refractivity (Wildman–Crippen MR) is 113 cm³/mol. The fourth-order valence-corrected chi connectivity index (χ4v) is 3.87. The van der Waals surface area contributed by atoms with Crippen molar-refractivity contribution in [3.8, 4) is 11.8 Å². The van der Waals surface area contributed by atoms with Crippen LogP contribution >= 0.6 is 11.3 Å². The number of para-hydroxylation sites is 1. The van der Waals surface area contributed by atoms with Crippen LogP contribution in [-0.2, 0) is 16.1 Å². The number of nitrogens with zero attached hydrogens (tertiary/aromatic N) is 2. The van der Waals surface area contributed by atoms with Crippen molar-refractivity contribution in [2.45, 2.75) is 39.5 Å². The number of alkyl halides is 2. The molecule has 2 aromatic rings. The number of carbonyl (C=O) groups is 1. The Bertz CT molecular complexity index is 1130. The zero-order valence-corrected chi connectivity index (χ0v) is 18.2. The maximum absolute atomic E-state index is 13.0. The van der Waals surface area contributed by atoms with Crippen molar-refractivity contribution in [1.82, 2.24) is 9.88 Å². The normalized spacial score (nSPS) is 12.8. The molecule has 0 unspecified atom stereocenters. The van der Waals surface area contributed by atoms with Crippen LogP contribution in [0, 0.1) is 11.3 Å². The number of aromatic nitrogens is 1. The molecule has 1 amide bonds. The fourth-order valence-electron chi connectivity index (χ4n) is 2.75. The molecule has 1 N–H and O–H groups in total. The topological polar surface area (TPSA) is 93.3 Å². The summed E-state index contributed by atoms with van der Waals surface area (Å²) in [6.45, 7) is 1.10. The van der Waals surface area contributed by atoms with Crippen LogP contribution in [0.1, 0.15) is 25.8 Å². The molecule has 0 aliphatic rings. The van der Waals surface area contributed by atoms with E-state index in [1.807, 2.05) is 6.07 Å². The smallest absolute Gasteiger partial charge is 0.387 e. The second-order valence-corrected chi connectivity index (χ2v) is 7.78. The third kappa shape index (κ3) is 6.47. The Morgan fingerprint density at radius 3 is 2.68 bits per heavy atom. The quantitative estimate of drug-likeness (QED) is 0.585. The van der Waals surface area contributed by atoms with Gasteiger partial charge in [-0.15, -0.1) is 11.3 Å². The number of hydrogen-bond acceptors (Lipinski definition) is 6. The van der Waals surface area contributed by atoms with Gasteiger partial charge in [0.05, 0.1) is 4.53 Å². The van der Waals surface area contributed by atoms with E-state index >= 15 is 0 Å². The number of nitriles is 1. The van der Waals surface area contributed by atoms with Gasteiger partial charge in [-0.25, -0.2) is 0 Å². The maximum Gasteiger partial charge on any atom is 0.387 e. The lowest BCUT2D eigenvalue weighted by atomic mass is 10.2. The number of nitrogens with one attached hydrogen (secondary N) is 1. The van der Waals surface area contributed by atoms with Gasteiger partial charge >= 0.3 is 6.61 Å². The number of methoxy groups -OCH3 is 1. The first-order chi connectivity index (χ1) is 14.8. The molecule has 166 valence electrons. The summed E-state index contributed by atoms with van der Waals surface area (Å²) in [5, 5.41) is 12.2. The highest BCUT2D eigenvalue weighted by Gasteiger charge is 2.17. The molecule has 1 aromatic heterocycles. The van der Waals surface area contributed by atoms with E-state index in [2.05, 4.69) is 10.1 Å². The largest absolute Gasteiger partial charge is 0.434 e. The summed E-state index contributed by atoms with van der Waals surface area (Å²) < 4.78 is 36.7. The number of ether oxygens (including phenoxy) is 2. The molecule has 0 aliphatic carbocycles. The molecule has 0 fully saturated rings. The first-order valence-electron chi connectivity index (χ1n) is 9.47. The molecule has 0 bridgehead atoms. The Labute approximate surface area is 181 Å². The van der Waals surface area contributed by atoms with Crippen LogP contribution in [0.4, 0.5) is 8.78 Å². The zero-order valence-electron chi connectivity index (χ0n) is 17.4. The zero-order chi connectivity index (χ0) is 23.0. The van der Waals surface area contributed by atoms with Crippen LogP contribution in [-0.4, -0.2) is 36.8 Å². The summed E-state index contributed by atoms with van der Waals surface area (Å²) in [6.07, 6.45) is 1.89. The van der Waals surface area contributed by atoms with Crippen molar-refractivity contribution >= 4 is 28.9 Å². The van der Waals surface area contributed by atoms with Gasteiger partial charge in [-0.2, -0.15) is 14.0 Å². The monoisotopic (exact) mass is 451 g/mol. The lowest BCUT2D eigenvalue weighted by Gasteiger charge is -2.07. The fraction of sp³-hybridized carbons (Fsp3) is 0.381. The van der Waals surface area contributed by atoms with E-state index in [4.69, 9.17) is 4.74 Å². The van der Waals surface area contributed by atoms with Gasteiger partial charge in [0.15, 0.2) is 5.57 Å².